The Morgan fingerprint density at radius 1 is 1.03 bits per heavy atom. The summed E-state index contributed by atoms with van der Waals surface area (Å²) in [4.78, 5) is 15.5. The van der Waals surface area contributed by atoms with E-state index in [0.29, 0.717) is 45.4 Å². The fourth-order valence-electron chi connectivity index (χ4n) is 6.08. The number of benzene rings is 2. The van der Waals surface area contributed by atoms with Gasteiger partial charge in [-0.1, -0.05) is 50.2 Å². The molecule has 2 aromatic carbocycles. The van der Waals surface area contributed by atoms with Crippen LogP contribution in [-0.2, 0) is 26.6 Å². The van der Waals surface area contributed by atoms with Gasteiger partial charge in [0.1, 0.15) is 0 Å². The first-order chi connectivity index (χ1) is 18.2. The molecule has 0 radical (unpaired) electrons. The summed E-state index contributed by atoms with van der Waals surface area (Å²) in [6, 6.07) is 17.3. The second-order valence-corrected chi connectivity index (χ2v) is 12.6. The smallest absolute Gasteiger partial charge is 0.240 e. The monoisotopic (exact) mass is 537 g/mol. The number of aromatic nitrogens is 1. The van der Waals surface area contributed by atoms with Crippen molar-refractivity contribution in [2.45, 2.75) is 68.9 Å². The largest absolute Gasteiger partial charge is 0.371 e. The average molecular weight is 538 g/mol. The van der Waals surface area contributed by atoms with E-state index in [2.05, 4.69) is 36.8 Å². The highest BCUT2D eigenvalue weighted by Gasteiger charge is 2.38. The Hall–Kier alpha value is -2.68. The second-order valence-electron chi connectivity index (χ2n) is 10.8. The second kappa shape index (κ2) is 10.8. The summed E-state index contributed by atoms with van der Waals surface area (Å²) in [7, 11) is -1.71. The minimum absolute atomic E-state index is 0.0450. The van der Waals surface area contributed by atoms with Gasteiger partial charge in [0.2, 0.25) is 15.9 Å². The van der Waals surface area contributed by atoms with Crippen molar-refractivity contribution in [3.8, 4) is 11.3 Å². The molecule has 1 saturated carbocycles. The van der Waals surface area contributed by atoms with Gasteiger partial charge >= 0.3 is 0 Å². The molecular weight excluding hydrogens is 498 g/mol. The lowest BCUT2D eigenvalue weighted by atomic mass is 9.85. The Labute approximate surface area is 226 Å². The van der Waals surface area contributed by atoms with Crippen LogP contribution in [0.5, 0.6) is 0 Å². The zero-order valence-corrected chi connectivity index (χ0v) is 23.5. The normalized spacial score (nSPS) is 22.0. The number of nitrogens with one attached hydrogen (secondary N) is 1. The summed E-state index contributed by atoms with van der Waals surface area (Å²) in [5.41, 5.74) is 2.78. The van der Waals surface area contributed by atoms with Crippen LogP contribution in [0, 0.1) is 5.92 Å². The van der Waals surface area contributed by atoms with Crippen molar-refractivity contribution in [2.75, 3.05) is 19.7 Å². The average Bonchev–Trinajstić information content (AvgIpc) is 3.29. The van der Waals surface area contributed by atoms with Crippen LogP contribution in [0.15, 0.2) is 59.5 Å². The van der Waals surface area contributed by atoms with Crippen LogP contribution in [0.4, 0.5) is 0 Å². The van der Waals surface area contributed by atoms with Crippen LogP contribution in [0.2, 0.25) is 0 Å². The molecule has 1 N–H and O–H groups in total. The number of ether oxygens (including phenoxy) is 1. The van der Waals surface area contributed by atoms with Crippen molar-refractivity contribution in [3.63, 3.8) is 0 Å². The van der Waals surface area contributed by atoms with E-state index in [4.69, 9.17) is 4.74 Å². The van der Waals surface area contributed by atoms with Gasteiger partial charge in [-0.2, -0.15) is 0 Å². The molecular formula is C30H39N3O4S. The number of carbonyl (C=O) groups excluding carboxylic acids is 1. The summed E-state index contributed by atoms with van der Waals surface area (Å²) in [6.45, 7) is 6.11. The van der Waals surface area contributed by atoms with Gasteiger partial charge in [0, 0.05) is 48.7 Å². The molecule has 2 heterocycles. The fourth-order valence-corrected chi connectivity index (χ4v) is 7.40. The predicted octanol–water partition coefficient (Wildman–Crippen LogP) is 5.10. The molecule has 1 aliphatic carbocycles. The minimum atomic E-state index is -3.68. The van der Waals surface area contributed by atoms with E-state index >= 15 is 0 Å². The molecule has 1 saturated heterocycles. The van der Waals surface area contributed by atoms with Crippen molar-refractivity contribution in [2.24, 2.45) is 13.0 Å². The number of hydrogen-bond acceptors (Lipinski definition) is 4. The summed E-state index contributed by atoms with van der Waals surface area (Å²) in [5, 5.41) is 1.00. The third-order valence-corrected chi connectivity index (χ3v) is 10.2. The first kappa shape index (κ1) is 26.9. The number of sulfonamides is 1. The summed E-state index contributed by atoms with van der Waals surface area (Å²) in [6.07, 6.45) is 4.51. The van der Waals surface area contributed by atoms with Gasteiger partial charge in [0.05, 0.1) is 17.1 Å². The van der Waals surface area contributed by atoms with E-state index in [1.165, 1.54) is 0 Å². The molecule has 0 atom stereocenters. The number of fused-ring (bicyclic) bond motifs is 1. The van der Waals surface area contributed by atoms with E-state index in [-0.39, 0.29) is 28.4 Å². The highest BCUT2D eigenvalue weighted by atomic mass is 32.2. The van der Waals surface area contributed by atoms with Crippen molar-refractivity contribution in [1.29, 1.82) is 0 Å². The predicted molar refractivity (Wildman–Crippen MR) is 150 cm³/mol. The Morgan fingerprint density at radius 2 is 1.74 bits per heavy atom. The van der Waals surface area contributed by atoms with Gasteiger partial charge in [0.25, 0.3) is 0 Å². The molecule has 1 amide bonds. The third kappa shape index (κ3) is 5.26. The first-order valence-electron chi connectivity index (χ1n) is 13.9. The van der Waals surface area contributed by atoms with Crippen molar-refractivity contribution in [1.82, 2.24) is 14.2 Å². The topological polar surface area (TPSA) is 80.6 Å². The SMILES string of the molecule is CCC1(CC)CN(C(=O)C2CCC(NS(=O)(=O)c3ccc4cc(-c5ccccc5)n(C)c4c3)CC2)CCO1. The molecule has 2 aliphatic rings. The Morgan fingerprint density at radius 3 is 2.42 bits per heavy atom. The number of amides is 1. The Bertz CT molecular complexity index is 1390. The zero-order valence-electron chi connectivity index (χ0n) is 22.7. The first-order valence-corrected chi connectivity index (χ1v) is 15.3. The van der Waals surface area contributed by atoms with Crippen molar-refractivity contribution < 1.29 is 17.9 Å². The molecule has 8 heteroatoms. The highest BCUT2D eigenvalue weighted by Crippen LogP contribution is 2.32. The molecule has 5 rings (SSSR count). The highest BCUT2D eigenvalue weighted by molar-refractivity contribution is 7.89. The standard InChI is InChI=1S/C30H39N3O4S/c1-4-30(5-2)21-33(17-18-37-30)29(34)23-11-14-25(15-12-23)31-38(35,36)26-16-13-24-19-27(32(3)28(24)20-26)22-9-7-6-8-10-22/h6-10,13,16,19-20,23,25,31H,4-5,11-12,14-15,17-18,21H2,1-3H3. The summed E-state index contributed by atoms with van der Waals surface area (Å²) in [5.74, 6) is 0.153. The Balaban J connectivity index is 1.23. The summed E-state index contributed by atoms with van der Waals surface area (Å²) < 4.78 is 37.6. The molecule has 0 unspecified atom stereocenters. The maximum Gasteiger partial charge on any atom is 0.240 e. The van der Waals surface area contributed by atoms with Crippen LogP contribution in [0.25, 0.3) is 22.2 Å². The molecule has 1 aromatic heterocycles. The van der Waals surface area contributed by atoms with Crippen molar-refractivity contribution in [3.05, 3.63) is 54.6 Å². The van der Waals surface area contributed by atoms with E-state index < -0.39 is 10.0 Å². The number of morpholine rings is 1. The Kier molecular flexibility index (Phi) is 7.67. The maximum atomic E-state index is 13.3. The molecule has 3 aromatic rings. The molecule has 0 bridgehead atoms. The van der Waals surface area contributed by atoms with Crippen LogP contribution < -0.4 is 4.72 Å². The van der Waals surface area contributed by atoms with Crippen LogP contribution in [-0.4, -0.2) is 55.1 Å². The van der Waals surface area contributed by atoms with Gasteiger partial charge in [-0.25, -0.2) is 13.1 Å². The molecule has 1 aliphatic heterocycles. The van der Waals surface area contributed by atoms with Crippen LogP contribution in [0.1, 0.15) is 52.4 Å². The maximum absolute atomic E-state index is 13.3. The number of carbonyl (C=O) groups is 1. The minimum Gasteiger partial charge on any atom is -0.371 e. The number of aryl methyl sites for hydroxylation is 1. The van der Waals surface area contributed by atoms with E-state index in [0.717, 1.165) is 35.0 Å². The molecule has 38 heavy (non-hydrogen) atoms. The van der Waals surface area contributed by atoms with Crippen molar-refractivity contribution >= 4 is 26.8 Å². The molecule has 2 fully saturated rings. The van der Waals surface area contributed by atoms with Gasteiger partial charge in [0.15, 0.2) is 0 Å². The fraction of sp³-hybridized carbons (Fsp3) is 0.500. The summed E-state index contributed by atoms with van der Waals surface area (Å²) >= 11 is 0. The number of hydrogen-bond donors (Lipinski definition) is 1. The quantitative estimate of drug-likeness (QED) is 0.455. The number of nitrogens with zero attached hydrogens (tertiary/aromatic N) is 2. The van der Waals surface area contributed by atoms with E-state index in [1.54, 1.807) is 12.1 Å². The van der Waals surface area contributed by atoms with E-state index in [9.17, 15) is 13.2 Å². The number of rotatable bonds is 7. The van der Waals surface area contributed by atoms with Crippen LogP contribution >= 0.6 is 0 Å². The lowest BCUT2D eigenvalue weighted by Crippen LogP contribution is -2.54. The van der Waals surface area contributed by atoms with E-state index in [1.807, 2.05) is 40.8 Å². The third-order valence-electron chi connectivity index (χ3n) is 8.64. The lowest BCUT2D eigenvalue weighted by Gasteiger charge is -2.43. The molecule has 0 spiro atoms. The zero-order chi connectivity index (χ0) is 26.9. The van der Waals surface area contributed by atoms with Gasteiger partial charge in [-0.15, -0.1) is 0 Å². The van der Waals surface area contributed by atoms with Crippen LogP contribution in [0.3, 0.4) is 0 Å². The lowest BCUT2D eigenvalue weighted by molar-refractivity contribution is -0.156. The van der Waals surface area contributed by atoms with Gasteiger partial charge < -0.3 is 14.2 Å². The molecule has 7 nitrogen and oxygen atoms in total. The van der Waals surface area contributed by atoms with Gasteiger partial charge in [-0.05, 0) is 62.3 Å². The molecule has 204 valence electrons. The van der Waals surface area contributed by atoms with Gasteiger partial charge in [-0.3, -0.25) is 4.79 Å².